The fourth-order valence-corrected chi connectivity index (χ4v) is 1.82. The Morgan fingerprint density at radius 2 is 2.00 bits per heavy atom. The molecule has 0 fully saturated rings. The summed E-state index contributed by atoms with van der Waals surface area (Å²) in [6, 6.07) is 8.31. The molecule has 1 N–H and O–H groups in total. The molecule has 1 aromatic heterocycles. The lowest BCUT2D eigenvalue weighted by Gasteiger charge is -2.10. The summed E-state index contributed by atoms with van der Waals surface area (Å²) in [6.07, 6.45) is 1.73. The number of hydrogen-bond acceptors (Lipinski definition) is 4. The molecule has 4 heteroatoms. The minimum Gasteiger partial charge on any atom is -0.431 e. The number of aromatic nitrogens is 1. The molecular weight excluding hydrogens is 220 g/mol. The molecule has 0 bridgehead atoms. The summed E-state index contributed by atoms with van der Waals surface area (Å²) in [7, 11) is 0. The predicted octanol–water partition coefficient (Wildman–Crippen LogP) is 3.76. The Morgan fingerprint density at radius 1 is 1.25 bits per heavy atom. The lowest BCUT2D eigenvalue weighted by atomic mass is 10.3. The van der Waals surface area contributed by atoms with Crippen LogP contribution in [0.5, 0.6) is 10.9 Å². The SMILES string of the molecule is CC(C)Nc1ccc(Oc2nccs2)cc1. The molecular formula is C12H14N2OS. The molecule has 0 unspecified atom stereocenters. The molecule has 2 rings (SSSR count). The normalized spacial score (nSPS) is 10.4. The standard InChI is InChI=1S/C12H14N2OS/c1-9(2)14-10-3-5-11(6-4-10)15-12-13-7-8-16-12/h3-9,14H,1-2H3. The Bertz CT molecular complexity index is 423. The molecule has 16 heavy (non-hydrogen) atoms. The van der Waals surface area contributed by atoms with Crippen LogP contribution in [0.1, 0.15) is 13.8 Å². The number of hydrogen-bond donors (Lipinski definition) is 1. The third-order valence-corrected chi connectivity index (χ3v) is 2.57. The minimum absolute atomic E-state index is 0.436. The van der Waals surface area contributed by atoms with Crippen molar-refractivity contribution in [2.75, 3.05) is 5.32 Å². The van der Waals surface area contributed by atoms with Crippen LogP contribution in [0.15, 0.2) is 35.8 Å². The van der Waals surface area contributed by atoms with E-state index in [9.17, 15) is 0 Å². The van der Waals surface area contributed by atoms with Gasteiger partial charge in [0.2, 0.25) is 0 Å². The van der Waals surface area contributed by atoms with Crippen LogP contribution >= 0.6 is 11.3 Å². The zero-order valence-electron chi connectivity index (χ0n) is 9.31. The second kappa shape index (κ2) is 4.99. The Labute approximate surface area is 99.1 Å². The number of ether oxygens (including phenoxy) is 1. The van der Waals surface area contributed by atoms with Crippen molar-refractivity contribution < 1.29 is 4.74 Å². The maximum atomic E-state index is 5.56. The van der Waals surface area contributed by atoms with Gasteiger partial charge in [0.15, 0.2) is 0 Å². The molecule has 1 aromatic carbocycles. The number of thiazole rings is 1. The van der Waals surface area contributed by atoms with E-state index in [2.05, 4.69) is 24.1 Å². The van der Waals surface area contributed by atoms with E-state index in [0.717, 1.165) is 11.4 Å². The molecule has 3 nitrogen and oxygen atoms in total. The van der Waals surface area contributed by atoms with Crippen molar-refractivity contribution >= 4 is 17.0 Å². The van der Waals surface area contributed by atoms with Crippen LogP contribution in [0.4, 0.5) is 5.69 Å². The van der Waals surface area contributed by atoms with Crippen molar-refractivity contribution in [3.63, 3.8) is 0 Å². The van der Waals surface area contributed by atoms with E-state index in [1.54, 1.807) is 6.20 Å². The summed E-state index contributed by atoms with van der Waals surface area (Å²) in [5.74, 6) is 0.809. The Morgan fingerprint density at radius 3 is 2.56 bits per heavy atom. The van der Waals surface area contributed by atoms with Crippen LogP contribution in [-0.2, 0) is 0 Å². The predicted molar refractivity (Wildman–Crippen MR) is 67.4 cm³/mol. The topological polar surface area (TPSA) is 34.1 Å². The first kappa shape index (κ1) is 11.0. The number of nitrogens with one attached hydrogen (secondary N) is 1. The van der Waals surface area contributed by atoms with E-state index in [1.165, 1.54) is 11.3 Å². The Balaban J connectivity index is 2.02. The van der Waals surface area contributed by atoms with Crippen molar-refractivity contribution in [2.45, 2.75) is 19.9 Å². The zero-order chi connectivity index (χ0) is 11.4. The van der Waals surface area contributed by atoms with Crippen LogP contribution in [0, 0.1) is 0 Å². The number of anilines is 1. The smallest absolute Gasteiger partial charge is 0.278 e. The zero-order valence-corrected chi connectivity index (χ0v) is 10.1. The van der Waals surface area contributed by atoms with Crippen molar-refractivity contribution in [2.24, 2.45) is 0 Å². The van der Waals surface area contributed by atoms with Gasteiger partial charge in [-0.2, -0.15) is 0 Å². The fraction of sp³-hybridized carbons (Fsp3) is 0.250. The largest absolute Gasteiger partial charge is 0.431 e. The average molecular weight is 234 g/mol. The van der Waals surface area contributed by atoms with Gasteiger partial charge in [-0.3, -0.25) is 0 Å². The molecule has 0 atom stereocenters. The van der Waals surface area contributed by atoms with E-state index < -0.39 is 0 Å². The molecule has 0 saturated heterocycles. The first-order valence-electron chi connectivity index (χ1n) is 5.18. The Hall–Kier alpha value is -1.55. The van der Waals surface area contributed by atoms with E-state index in [-0.39, 0.29) is 0 Å². The molecule has 0 aliphatic rings. The van der Waals surface area contributed by atoms with Crippen molar-refractivity contribution in [1.82, 2.24) is 4.98 Å². The quantitative estimate of drug-likeness (QED) is 0.874. The summed E-state index contributed by atoms with van der Waals surface area (Å²) in [4.78, 5) is 4.06. The first-order valence-corrected chi connectivity index (χ1v) is 6.06. The first-order chi connectivity index (χ1) is 7.74. The lowest BCUT2D eigenvalue weighted by molar-refractivity contribution is 0.479. The maximum Gasteiger partial charge on any atom is 0.278 e. The summed E-state index contributed by atoms with van der Waals surface area (Å²) in [5.41, 5.74) is 1.10. The highest BCUT2D eigenvalue weighted by molar-refractivity contribution is 7.11. The molecule has 0 spiro atoms. The third kappa shape index (κ3) is 2.97. The number of rotatable bonds is 4. The van der Waals surface area contributed by atoms with Crippen LogP contribution in [0.2, 0.25) is 0 Å². The molecule has 0 aliphatic heterocycles. The van der Waals surface area contributed by atoms with Gasteiger partial charge in [-0.1, -0.05) is 11.3 Å². The van der Waals surface area contributed by atoms with Gasteiger partial charge >= 0.3 is 0 Å². The fourth-order valence-electron chi connectivity index (χ4n) is 1.31. The van der Waals surface area contributed by atoms with Gasteiger partial charge in [-0.15, -0.1) is 0 Å². The van der Waals surface area contributed by atoms with Gasteiger partial charge in [0.05, 0.1) is 0 Å². The summed E-state index contributed by atoms with van der Waals surface area (Å²) in [5, 5.41) is 5.89. The minimum atomic E-state index is 0.436. The molecule has 1 heterocycles. The van der Waals surface area contributed by atoms with E-state index in [0.29, 0.717) is 11.2 Å². The van der Waals surface area contributed by atoms with Crippen molar-refractivity contribution in [3.8, 4) is 10.9 Å². The summed E-state index contributed by atoms with van der Waals surface area (Å²) >= 11 is 1.48. The highest BCUT2D eigenvalue weighted by Gasteiger charge is 2.00. The number of benzene rings is 1. The van der Waals surface area contributed by atoms with E-state index >= 15 is 0 Å². The highest BCUT2D eigenvalue weighted by Crippen LogP contribution is 2.24. The molecule has 0 aliphatic carbocycles. The monoisotopic (exact) mass is 234 g/mol. The second-order valence-electron chi connectivity index (χ2n) is 3.72. The van der Waals surface area contributed by atoms with Gasteiger partial charge in [-0.25, -0.2) is 4.98 Å². The number of nitrogens with zero attached hydrogens (tertiary/aromatic N) is 1. The van der Waals surface area contributed by atoms with Crippen LogP contribution in [0.3, 0.4) is 0 Å². The third-order valence-electron chi connectivity index (χ3n) is 1.92. The van der Waals surface area contributed by atoms with Crippen LogP contribution in [-0.4, -0.2) is 11.0 Å². The van der Waals surface area contributed by atoms with Gasteiger partial charge in [0.25, 0.3) is 5.19 Å². The van der Waals surface area contributed by atoms with Crippen molar-refractivity contribution in [1.29, 1.82) is 0 Å². The second-order valence-corrected chi connectivity index (χ2v) is 4.58. The summed E-state index contributed by atoms with van der Waals surface area (Å²) < 4.78 is 5.56. The van der Waals surface area contributed by atoms with Crippen LogP contribution in [0.25, 0.3) is 0 Å². The van der Waals surface area contributed by atoms with Gasteiger partial charge < -0.3 is 10.1 Å². The van der Waals surface area contributed by atoms with Gasteiger partial charge in [0.1, 0.15) is 5.75 Å². The lowest BCUT2D eigenvalue weighted by Crippen LogP contribution is -2.09. The Kier molecular flexibility index (Phi) is 3.41. The molecule has 2 aromatic rings. The van der Waals surface area contributed by atoms with Crippen LogP contribution < -0.4 is 10.1 Å². The maximum absolute atomic E-state index is 5.56. The van der Waals surface area contributed by atoms with Gasteiger partial charge in [-0.05, 0) is 38.1 Å². The molecule has 0 radical (unpaired) electrons. The van der Waals surface area contributed by atoms with Crippen molar-refractivity contribution in [3.05, 3.63) is 35.8 Å². The summed E-state index contributed by atoms with van der Waals surface area (Å²) in [6.45, 7) is 4.22. The highest BCUT2D eigenvalue weighted by atomic mass is 32.1. The molecule has 0 amide bonds. The average Bonchev–Trinajstić information content (AvgIpc) is 2.73. The van der Waals surface area contributed by atoms with E-state index in [4.69, 9.17) is 4.74 Å². The molecule has 0 saturated carbocycles. The molecule has 84 valence electrons. The van der Waals surface area contributed by atoms with E-state index in [1.807, 2.05) is 29.6 Å². The van der Waals surface area contributed by atoms with Gasteiger partial charge in [0, 0.05) is 23.3 Å².